The van der Waals surface area contributed by atoms with Crippen LogP contribution in [-0.4, -0.2) is 35.2 Å². The second-order valence-corrected chi connectivity index (χ2v) is 8.37. The number of ether oxygens (including phenoxy) is 1. The number of hydrogen-bond donors (Lipinski definition) is 1. The Morgan fingerprint density at radius 1 is 0.939 bits per heavy atom. The number of halogens is 1. The predicted octanol–water partition coefficient (Wildman–Crippen LogP) is 4.60. The minimum Gasteiger partial charge on any atom is -0.452 e. The molecular weight excluding hydrogens is 488 g/mol. The topological polar surface area (TPSA) is 92.8 Å². The van der Waals surface area contributed by atoms with Crippen molar-refractivity contribution >= 4 is 45.3 Å². The Morgan fingerprint density at radius 2 is 1.61 bits per heavy atom. The lowest BCUT2D eigenvalue weighted by Crippen LogP contribution is -2.32. The highest BCUT2D eigenvalue weighted by Crippen LogP contribution is 2.31. The standard InChI is InChI=1S/C25H19BrN2O5/c1-15(16-5-3-2-4-6-16)28-23(30)20-12-7-17(13-21(20)24(28)31)25(32)33-14-22(29)27-19-10-8-18(26)9-11-19/h2-13,15H,14H2,1H3,(H,27,29)/t15-/m0/s1. The zero-order valence-corrected chi connectivity index (χ0v) is 19.2. The SMILES string of the molecule is C[C@@H](c1ccccc1)N1C(=O)c2ccc(C(=O)OCC(=O)Nc3ccc(Br)cc3)cc2C1=O. The van der Waals surface area contributed by atoms with Gasteiger partial charge in [0.25, 0.3) is 17.7 Å². The van der Waals surface area contributed by atoms with Gasteiger partial charge >= 0.3 is 5.97 Å². The molecule has 0 unspecified atom stereocenters. The van der Waals surface area contributed by atoms with Gasteiger partial charge in [0.2, 0.25) is 0 Å². The highest BCUT2D eigenvalue weighted by molar-refractivity contribution is 9.10. The molecule has 8 heteroatoms. The van der Waals surface area contributed by atoms with Gasteiger partial charge in [0.05, 0.1) is 22.7 Å². The summed E-state index contributed by atoms with van der Waals surface area (Å²) in [6.45, 7) is 1.28. The van der Waals surface area contributed by atoms with Gasteiger partial charge < -0.3 is 10.1 Å². The van der Waals surface area contributed by atoms with Gasteiger partial charge in [0, 0.05) is 10.2 Å². The Morgan fingerprint density at radius 3 is 2.30 bits per heavy atom. The fourth-order valence-corrected chi connectivity index (χ4v) is 3.83. The lowest BCUT2D eigenvalue weighted by atomic mass is 10.1. The summed E-state index contributed by atoms with van der Waals surface area (Å²) in [4.78, 5) is 51.5. The summed E-state index contributed by atoms with van der Waals surface area (Å²) in [5.74, 6) is -2.16. The first-order valence-electron chi connectivity index (χ1n) is 10.1. The minimum atomic E-state index is -0.765. The van der Waals surface area contributed by atoms with Gasteiger partial charge in [0.15, 0.2) is 6.61 Å². The van der Waals surface area contributed by atoms with Crippen LogP contribution in [0.4, 0.5) is 5.69 Å². The average molecular weight is 507 g/mol. The lowest BCUT2D eigenvalue weighted by molar-refractivity contribution is -0.119. The molecule has 3 aromatic carbocycles. The van der Waals surface area contributed by atoms with Crippen LogP contribution in [0.5, 0.6) is 0 Å². The van der Waals surface area contributed by atoms with Crippen LogP contribution in [0.3, 0.4) is 0 Å². The molecule has 4 rings (SSSR count). The Balaban J connectivity index is 1.43. The van der Waals surface area contributed by atoms with Crippen LogP contribution >= 0.6 is 15.9 Å². The molecule has 0 fully saturated rings. The molecule has 1 heterocycles. The van der Waals surface area contributed by atoms with Crippen LogP contribution in [0.2, 0.25) is 0 Å². The van der Waals surface area contributed by atoms with E-state index in [0.717, 1.165) is 10.0 Å². The van der Waals surface area contributed by atoms with Crippen LogP contribution in [0.25, 0.3) is 0 Å². The predicted molar refractivity (Wildman–Crippen MR) is 125 cm³/mol. The molecule has 0 spiro atoms. The van der Waals surface area contributed by atoms with E-state index < -0.39 is 36.3 Å². The highest BCUT2D eigenvalue weighted by atomic mass is 79.9. The van der Waals surface area contributed by atoms with E-state index in [1.54, 1.807) is 31.2 Å². The van der Waals surface area contributed by atoms with Gasteiger partial charge in [-0.15, -0.1) is 0 Å². The van der Waals surface area contributed by atoms with Crippen molar-refractivity contribution in [1.82, 2.24) is 4.90 Å². The number of amides is 3. The molecule has 166 valence electrons. The number of nitrogens with zero attached hydrogens (tertiary/aromatic N) is 1. The third-order valence-electron chi connectivity index (χ3n) is 5.29. The van der Waals surface area contributed by atoms with E-state index in [1.807, 2.05) is 30.3 Å². The summed E-state index contributed by atoms with van der Waals surface area (Å²) in [6, 6.07) is 19.9. The maximum atomic E-state index is 13.0. The van der Waals surface area contributed by atoms with Crippen molar-refractivity contribution < 1.29 is 23.9 Å². The van der Waals surface area contributed by atoms with E-state index in [0.29, 0.717) is 5.69 Å². The van der Waals surface area contributed by atoms with E-state index in [-0.39, 0.29) is 16.7 Å². The molecule has 0 radical (unpaired) electrons. The molecule has 0 saturated carbocycles. The zero-order valence-electron chi connectivity index (χ0n) is 17.6. The summed E-state index contributed by atoms with van der Waals surface area (Å²) in [6.07, 6.45) is 0. The number of anilines is 1. The fraction of sp³-hybridized carbons (Fsp3) is 0.120. The van der Waals surface area contributed by atoms with Gasteiger partial charge in [-0.05, 0) is 55.0 Å². The van der Waals surface area contributed by atoms with Gasteiger partial charge in [-0.1, -0.05) is 46.3 Å². The largest absolute Gasteiger partial charge is 0.452 e. The number of rotatable bonds is 6. The molecule has 0 bridgehead atoms. The maximum Gasteiger partial charge on any atom is 0.338 e. The molecule has 33 heavy (non-hydrogen) atoms. The van der Waals surface area contributed by atoms with Crippen molar-refractivity contribution in [2.24, 2.45) is 0 Å². The Kier molecular flexibility index (Phi) is 6.37. The van der Waals surface area contributed by atoms with Crippen LogP contribution in [0, 0.1) is 0 Å². The third kappa shape index (κ3) is 4.70. The molecule has 1 aliphatic heterocycles. The molecule has 0 saturated heterocycles. The molecule has 3 aromatic rings. The number of carbonyl (C=O) groups excluding carboxylic acids is 4. The molecular formula is C25H19BrN2O5. The molecule has 1 N–H and O–H groups in total. The molecule has 7 nitrogen and oxygen atoms in total. The lowest BCUT2D eigenvalue weighted by Gasteiger charge is -2.22. The van der Waals surface area contributed by atoms with Crippen LogP contribution in [0.1, 0.15) is 49.6 Å². The van der Waals surface area contributed by atoms with E-state index >= 15 is 0 Å². The average Bonchev–Trinajstić information content (AvgIpc) is 3.08. The van der Waals surface area contributed by atoms with Crippen molar-refractivity contribution in [3.05, 3.63) is 99.5 Å². The first-order valence-corrected chi connectivity index (χ1v) is 10.9. The Hall–Kier alpha value is -3.78. The third-order valence-corrected chi connectivity index (χ3v) is 5.81. The van der Waals surface area contributed by atoms with Crippen molar-refractivity contribution in [3.8, 4) is 0 Å². The summed E-state index contributed by atoms with van der Waals surface area (Å²) in [5.41, 5.74) is 1.83. The summed E-state index contributed by atoms with van der Waals surface area (Å²) in [5, 5.41) is 2.62. The van der Waals surface area contributed by atoms with Crippen LogP contribution in [0.15, 0.2) is 77.3 Å². The van der Waals surface area contributed by atoms with Crippen molar-refractivity contribution in [1.29, 1.82) is 0 Å². The van der Waals surface area contributed by atoms with E-state index in [4.69, 9.17) is 4.74 Å². The first kappa shape index (κ1) is 22.4. The zero-order chi connectivity index (χ0) is 23.5. The maximum absolute atomic E-state index is 13.0. The van der Waals surface area contributed by atoms with Crippen molar-refractivity contribution in [2.75, 3.05) is 11.9 Å². The molecule has 1 aliphatic rings. The van der Waals surface area contributed by atoms with Gasteiger partial charge in [-0.25, -0.2) is 4.79 Å². The quantitative estimate of drug-likeness (QED) is 0.389. The second-order valence-electron chi connectivity index (χ2n) is 7.46. The minimum absolute atomic E-state index is 0.0838. The van der Waals surface area contributed by atoms with Gasteiger partial charge in [0.1, 0.15) is 0 Å². The number of carbonyl (C=O) groups is 4. The monoisotopic (exact) mass is 506 g/mol. The van der Waals surface area contributed by atoms with Crippen molar-refractivity contribution in [3.63, 3.8) is 0 Å². The van der Waals surface area contributed by atoms with Gasteiger partial charge in [-0.3, -0.25) is 19.3 Å². The first-order chi connectivity index (χ1) is 15.8. The molecule has 0 aromatic heterocycles. The highest BCUT2D eigenvalue weighted by Gasteiger charge is 2.39. The van der Waals surface area contributed by atoms with E-state index in [1.165, 1.54) is 23.1 Å². The Labute approximate surface area is 198 Å². The summed E-state index contributed by atoms with van der Waals surface area (Å²) < 4.78 is 5.95. The van der Waals surface area contributed by atoms with E-state index in [2.05, 4.69) is 21.2 Å². The summed E-state index contributed by atoms with van der Waals surface area (Å²) >= 11 is 3.31. The van der Waals surface area contributed by atoms with Crippen LogP contribution < -0.4 is 5.32 Å². The number of hydrogen-bond acceptors (Lipinski definition) is 5. The molecule has 3 amide bonds. The molecule has 1 atom stereocenters. The number of esters is 1. The number of fused-ring (bicyclic) bond motifs is 1. The normalized spacial score (nSPS) is 13.5. The molecule has 0 aliphatic carbocycles. The summed E-state index contributed by atoms with van der Waals surface area (Å²) in [7, 11) is 0. The second kappa shape index (κ2) is 9.38. The van der Waals surface area contributed by atoms with Crippen molar-refractivity contribution in [2.45, 2.75) is 13.0 Å². The van der Waals surface area contributed by atoms with Crippen LogP contribution in [-0.2, 0) is 9.53 Å². The number of benzene rings is 3. The number of imide groups is 1. The van der Waals surface area contributed by atoms with E-state index in [9.17, 15) is 19.2 Å². The fourth-order valence-electron chi connectivity index (χ4n) is 3.56. The Bertz CT molecular complexity index is 1240. The smallest absolute Gasteiger partial charge is 0.338 e. The number of nitrogens with one attached hydrogen (secondary N) is 1. The van der Waals surface area contributed by atoms with Gasteiger partial charge in [-0.2, -0.15) is 0 Å².